The van der Waals surface area contributed by atoms with E-state index in [-0.39, 0.29) is 23.5 Å². The van der Waals surface area contributed by atoms with Crippen LogP contribution in [0.2, 0.25) is 0 Å². The summed E-state index contributed by atoms with van der Waals surface area (Å²) in [5, 5.41) is 0. The third kappa shape index (κ3) is 4.10. The van der Waals surface area contributed by atoms with E-state index in [1.165, 1.54) is 0 Å². The number of carbonyl (C=O) groups is 2. The van der Waals surface area contributed by atoms with Crippen molar-refractivity contribution in [1.82, 2.24) is 4.90 Å². The first-order chi connectivity index (χ1) is 14.2. The minimum absolute atomic E-state index is 0.0233. The topological polar surface area (TPSA) is 55.8 Å². The first-order valence-corrected chi connectivity index (χ1v) is 9.98. The predicted molar refractivity (Wildman–Crippen MR) is 110 cm³/mol. The summed E-state index contributed by atoms with van der Waals surface area (Å²) in [5.41, 5.74) is 2.43. The van der Waals surface area contributed by atoms with Gasteiger partial charge in [0.15, 0.2) is 5.78 Å². The van der Waals surface area contributed by atoms with Crippen LogP contribution in [0.25, 0.3) is 0 Å². The van der Waals surface area contributed by atoms with Crippen molar-refractivity contribution in [3.05, 3.63) is 77.4 Å². The van der Waals surface area contributed by atoms with Gasteiger partial charge in [0.25, 0.3) is 0 Å². The number of ether oxygens (including phenoxy) is 2. The van der Waals surface area contributed by atoms with Gasteiger partial charge in [-0.25, -0.2) is 0 Å². The van der Waals surface area contributed by atoms with E-state index < -0.39 is 0 Å². The Morgan fingerprint density at radius 2 is 1.69 bits per heavy atom. The highest BCUT2D eigenvalue weighted by Crippen LogP contribution is 2.41. The van der Waals surface area contributed by atoms with Gasteiger partial charge in [-0.3, -0.25) is 9.59 Å². The van der Waals surface area contributed by atoms with E-state index >= 15 is 0 Å². The molecule has 1 amide bonds. The maximum atomic E-state index is 13.3. The molecule has 0 aromatic heterocycles. The normalized spacial score (nSPS) is 21.6. The number of nitrogens with zero attached hydrogens (tertiary/aromatic N) is 1. The van der Waals surface area contributed by atoms with E-state index in [9.17, 15) is 9.59 Å². The van der Waals surface area contributed by atoms with Crippen molar-refractivity contribution < 1.29 is 19.1 Å². The standard InChI is InChI=1S/C24H25NO4/c1-28-20-9-7-17(8-10-20)21-15-19(24(27)25-11-13-29-14-12-25)16-22(21)23(26)18-5-3-2-4-6-18/h2-10,15,21-22H,11-14,16H2,1H3/t21-,22+/m1/s1. The molecule has 1 heterocycles. The van der Waals surface area contributed by atoms with Crippen molar-refractivity contribution in [1.29, 1.82) is 0 Å². The maximum Gasteiger partial charge on any atom is 0.249 e. The number of methoxy groups -OCH3 is 1. The quantitative estimate of drug-likeness (QED) is 0.733. The Morgan fingerprint density at radius 3 is 2.34 bits per heavy atom. The van der Waals surface area contributed by atoms with Gasteiger partial charge in [-0.05, 0) is 24.1 Å². The number of rotatable bonds is 5. The third-order valence-corrected chi connectivity index (χ3v) is 5.72. The van der Waals surface area contributed by atoms with E-state index in [4.69, 9.17) is 9.47 Å². The second kappa shape index (κ2) is 8.62. The zero-order valence-corrected chi connectivity index (χ0v) is 16.5. The minimum Gasteiger partial charge on any atom is -0.497 e. The largest absolute Gasteiger partial charge is 0.497 e. The van der Waals surface area contributed by atoms with Crippen LogP contribution in [0.1, 0.15) is 28.3 Å². The van der Waals surface area contributed by atoms with Gasteiger partial charge in [0.1, 0.15) is 5.75 Å². The molecule has 0 unspecified atom stereocenters. The van der Waals surface area contributed by atoms with Gasteiger partial charge in [-0.1, -0.05) is 48.5 Å². The summed E-state index contributed by atoms with van der Waals surface area (Å²) < 4.78 is 10.6. The average molecular weight is 391 g/mol. The Bertz CT molecular complexity index is 898. The molecule has 0 bridgehead atoms. The molecule has 1 aliphatic carbocycles. The summed E-state index contributed by atoms with van der Waals surface area (Å²) in [7, 11) is 1.63. The van der Waals surface area contributed by atoms with Crippen molar-refractivity contribution in [3.8, 4) is 5.75 Å². The number of allylic oxidation sites excluding steroid dienone is 1. The second-order valence-corrected chi connectivity index (χ2v) is 7.44. The van der Waals surface area contributed by atoms with Gasteiger partial charge >= 0.3 is 0 Å². The molecule has 2 aliphatic rings. The SMILES string of the molecule is COc1ccc([C@H]2C=C(C(=O)N3CCOCC3)C[C@@H]2C(=O)c2ccccc2)cc1. The van der Waals surface area contributed by atoms with Gasteiger partial charge in [-0.15, -0.1) is 0 Å². The zero-order valence-electron chi connectivity index (χ0n) is 16.5. The molecule has 2 atom stereocenters. The van der Waals surface area contributed by atoms with E-state index in [2.05, 4.69) is 0 Å². The Balaban J connectivity index is 1.64. The molecule has 1 saturated heterocycles. The average Bonchev–Trinajstić information content (AvgIpc) is 3.24. The van der Waals surface area contributed by atoms with Gasteiger partial charge in [0.2, 0.25) is 5.91 Å². The van der Waals surface area contributed by atoms with Gasteiger partial charge in [-0.2, -0.15) is 0 Å². The lowest BCUT2D eigenvalue weighted by Gasteiger charge is -2.27. The number of amides is 1. The Hall–Kier alpha value is -2.92. The van der Waals surface area contributed by atoms with Crippen molar-refractivity contribution >= 4 is 11.7 Å². The molecule has 2 aromatic rings. The number of hydrogen-bond donors (Lipinski definition) is 0. The molecular weight excluding hydrogens is 366 g/mol. The van der Waals surface area contributed by atoms with Gasteiger partial charge in [0, 0.05) is 36.1 Å². The molecule has 1 fully saturated rings. The van der Waals surface area contributed by atoms with Gasteiger partial charge < -0.3 is 14.4 Å². The highest BCUT2D eigenvalue weighted by molar-refractivity contribution is 6.02. The van der Waals surface area contributed by atoms with Crippen molar-refractivity contribution in [2.24, 2.45) is 5.92 Å². The van der Waals surface area contributed by atoms with Gasteiger partial charge in [0.05, 0.1) is 20.3 Å². The first-order valence-electron chi connectivity index (χ1n) is 9.98. The summed E-state index contributed by atoms with van der Waals surface area (Å²) in [4.78, 5) is 28.2. The molecule has 0 saturated carbocycles. The summed E-state index contributed by atoms with van der Waals surface area (Å²) in [6.07, 6.45) is 2.45. The summed E-state index contributed by atoms with van der Waals surface area (Å²) in [5.74, 6) is 0.452. The minimum atomic E-state index is -0.286. The highest BCUT2D eigenvalue weighted by atomic mass is 16.5. The molecular formula is C24H25NO4. The Morgan fingerprint density at radius 1 is 1.00 bits per heavy atom. The van der Waals surface area contributed by atoms with Crippen LogP contribution in [0.15, 0.2) is 66.2 Å². The molecule has 0 spiro atoms. The lowest BCUT2D eigenvalue weighted by molar-refractivity contribution is -0.131. The van der Waals surface area contributed by atoms with Crippen molar-refractivity contribution in [3.63, 3.8) is 0 Å². The predicted octanol–water partition coefficient (Wildman–Crippen LogP) is 3.47. The number of Topliss-reactive ketones (excluding diaryl/α,β-unsaturated/α-hetero) is 1. The monoisotopic (exact) mass is 391 g/mol. The van der Waals surface area contributed by atoms with Crippen molar-refractivity contribution in [2.75, 3.05) is 33.4 Å². The van der Waals surface area contributed by atoms with Crippen LogP contribution in [-0.4, -0.2) is 50.0 Å². The summed E-state index contributed by atoms with van der Waals surface area (Å²) in [6.45, 7) is 2.32. The van der Waals surface area contributed by atoms with Crippen LogP contribution < -0.4 is 4.74 Å². The number of benzene rings is 2. The lowest BCUT2D eigenvalue weighted by Crippen LogP contribution is -2.41. The molecule has 150 valence electrons. The lowest BCUT2D eigenvalue weighted by atomic mass is 9.83. The first kappa shape index (κ1) is 19.4. The number of carbonyl (C=O) groups excluding carboxylic acids is 2. The molecule has 29 heavy (non-hydrogen) atoms. The fourth-order valence-electron chi connectivity index (χ4n) is 4.12. The second-order valence-electron chi connectivity index (χ2n) is 7.44. The van der Waals surface area contributed by atoms with Crippen LogP contribution in [0, 0.1) is 5.92 Å². The van der Waals surface area contributed by atoms with Crippen LogP contribution in [-0.2, 0) is 9.53 Å². The molecule has 0 N–H and O–H groups in total. The third-order valence-electron chi connectivity index (χ3n) is 5.72. The maximum absolute atomic E-state index is 13.3. The fraction of sp³-hybridized carbons (Fsp3) is 0.333. The Kier molecular flexibility index (Phi) is 5.76. The smallest absolute Gasteiger partial charge is 0.249 e. The number of morpholine rings is 1. The van der Waals surface area contributed by atoms with Crippen LogP contribution in [0.3, 0.4) is 0 Å². The highest BCUT2D eigenvalue weighted by Gasteiger charge is 2.38. The Labute approximate surface area is 170 Å². The number of ketones is 1. The number of hydrogen-bond acceptors (Lipinski definition) is 4. The van der Waals surface area contributed by atoms with E-state index in [1.54, 1.807) is 7.11 Å². The zero-order chi connectivity index (χ0) is 20.2. The fourth-order valence-corrected chi connectivity index (χ4v) is 4.12. The van der Waals surface area contributed by atoms with E-state index in [0.717, 1.165) is 16.9 Å². The van der Waals surface area contributed by atoms with Crippen LogP contribution >= 0.6 is 0 Å². The molecule has 4 rings (SSSR count). The summed E-state index contributed by atoms with van der Waals surface area (Å²) in [6, 6.07) is 17.1. The molecule has 2 aromatic carbocycles. The van der Waals surface area contributed by atoms with Crippen molar-refractivity contribution in [2.45, 2.75) is 12.3 Å². The van der Waals surface area contributed by atoms with E-state index in [0.29, 0.717) is 38.3 Å². The van der Waals surface area contributed by atoms with Crippen LogP contribution in [0.4, 0.5) is 0 Å². The molecule has 1 aliphatic heterocycles. The van der Waals surface area contributed by atoms with Crippen LogP contribution in [0.5, 0.6) is 5.75 Å². The molecule has 5 heteroatoms. The molecule has 0 radical (unpaired) electrons. The molecule has 5 nitrogen and oxygen atoms in total. The van der Waals surface area contributed by atoms with E-state index in [1.807, 2.05) is 65.6 Å². The summed E-state index contributed by atoms with van der Waals surface area (Å²) >= 11 is 0.